The molecule has 0 aliphatic rings. The second-order valence-electron chi connectivity index (χ2n) is 2.74. The molecule has 0 atom stereocenters. The molecule has 0 unspecified atom stereocenters. The Morgan fingerprint density at radius 1 is 1.46 bits per heavy atom. The van der Waals surface area contributed by atoms with Gasteiger partial charge in [0.25, 0.3) is 0 Å². The molecule has 0 saturated heterocycles. The number of nitrogens with two attached hydrogens (primary N) is 1. The molecule has 0 aromatic carbocycles. The third-order valence-corrected chi connectivity index (χ3v) is 1.59. The van der Waals surface area contributed by atoms with Crippen LogP contribution in [0.5, 0.6) is 0 Å². The summed E-state index contributed by atoms with van der Waals surface area (Å²) in [5, 5.41) is 3.15. The van der Waals surface area contributed by atoms with Crippen molar-refractivity contribution in [3.05, 3.63) is 30.5 Å². The third-order valence-electron chi connectivity index (χ3n) is 1.59. The van der Waals surface area contributed by atoms with Gasteiger partial charge in [0, 0.05) is 6.54 Å². The summed E-state index contributed by atoms with van der Waals surface area (Å²) in [6.07, 6.45) is 6.91. The molecule has 1 rings (SSSR count). The molecule has 1 aromatic heterocycles. The number of aromatic nitrogens is 1. The minimum atomic E-state index is 0.689. The number of allylic oxidation sites excluding steroid dienone is 1. The molecule has 13 heavy (non-hydrogen) atoms. The van der Waals surface area contributed by atoms with E-state index in [-0.39, 0.29) is 0 Å². The minimum absolute atomic E-state index is 0.689. The normalized spacial score (nSPS) is 10.5. The van der Waals surface area contributed by atoms with Gasteiger partial charge in [0.2, 0.25) is 0 Å². The van der Waals surface area contributed by atoms with E-state index in [1.54, 1.807) is 6.20 Å². The van der Waals surface area contributed by atoms with E-state index < -0.39 is 0 Å². The Kier molecular flexibility index (Phi) is 3.82. The van der Waals surface area contributed by atoms with Crippen LogP contribution >= 0.6 is 0 Å². The maximum Gasteiger partial charge on any atom is 0.126 e. The number of rotatable bonds is 4. The SMILES string of the molecule is CC/C=C/CNc1ccc(N)cn1. The van der Waals surface area contributed by atoms with Crippen LogP contribution in [0.4, 0.5) is 11.5 Å². The van der Waals surface area contributed by atoms with Gasteiger partial charge in [-0.15, -0.1) is 0 Å². The Balaban J connectivity index is 2.37. The number of hydrogen-bond donors (Lipinski definition) is 2. The summed E-state index contributed by atoms with van der Waals surface area (Å²) in [5.74, 6) is 0.856. The van der Waals surface area contributed by atoms with Crippen LogP contribution in [0.1, 0.15) is 13.3 Å². The van der Waals surface area contributed by atoms with Crippen molar-refractivity contribution in [1.29, 1.82) is 0 Å². The number of nitrogens with one attached hydrogen (secondary N) is 1. The first-order chi connectivity index (χ1) is 6.33. The highest BCUT2D eigenvalue weighted by Gasteiger charge is 1.89. The van der Waals surface area contributed by atoms with Gasteiger partial charge in [-0.05, 0) is 18.6 Å². The van der Waals surface area contributed by atoms with Gasteiger partial charge in [0.05, 0.1) is 11.9 Å². The van der Waals surface area contributed by atoms with Gasteiger partial charge in [-0.2, -0.15) is 0 Å². The lowest BCUT2D eigenvalue weighted by Crippen LogP contribution is -2.00. The van der Waals surface area contributed by atoms with Crippen LogP contribution in [-0.4, -0.2) is 11.5 Å². The molecule has 3 nitrogen and oxygen atoms in total. The van der Waals surface area contributed by atoms with E-state index in [2.05, 4.69) is 29.4 Å². The van der Waals surface area contributed by atoms with E-state index in [1.165, 1.54) is 0 Å². The van der Waals surface area contributed by atoms with E-state index >= 15 is 0 Å². The van der Waals surface area contributed by atoms with E-state index in [1.807, 2.05) is 12.1 Å². The molecule has 0 fully saturated rings. The van der Waals surface area contributed by atoms with Crippen LogP contribution in [0.3, 0.4) is 0 Å². The molecule has 1 heterocycles. The van der Waals surface area contributed by atoms with Crippen molar-refractivity contribution in [2.45, 2.75) is 13.3 Å². The largest absolute Gasteiger partial charge is 0.397 e. The van der Waals surface area contributed by atoms with E-state index in [0.717, 1.165) is 18.8 Å². The predicted octanol–water partition coefficient (Wildman–Crippen LogP) is 2.04. The fourth-order valence-electron chi connectivity index (χ4n) is 0.923. The first-order valence-corrected chi connectivity index (χ1v) is 4.43. The van der Waals surface area contributed by atoms with Gasteiger partial charge in [-0.1, -0.05) is 19.1 Å². The molecule has 70 valence electrons. The highest BCUT2D eigenvalue weighted by Crippen LogP contribution is 2.04. The van der Waals surface area contributed by atoms with Crippen LogP contribution in [0, 0.1) is 0 Å². The minimum Gasteiger partial charge on any atom is -0.397 e. The zero-order valence-corrected chi connectivity index (χ0v) is 7.83. The number of nitrogen functional groups attached to an aromatic ring is 1. The van der Waals surface area contributed by atoms with Crippen LogP contribution in [-0.2, 0) is 0 Å². The average Bonchev–Trinajstić information content (AvgIpc) is 2.15. The lowest BCUT2D eigenvalue weighted by atomic mass is 10.4. The first kappa shape index (κ1) is 9.58. The molecule has 0 aliphatic carbocycles. The highest BCUT2D eigenvalue weighted by molar-refractivity contribution is 5.43. The van der Waals surface area contributed by atoms with Gasteiger partial charge in [-0.3, -0.25) is 0 Å². The highest BCUT2D eigenvalue weighted by atomic mass is 15.0. The zero-order valence-electron chi connectivity index (χ0n) is 7.83. The second-order valence-corrected chi connectivity index (χ2v) is 2.74. The Morgan fingerprint density at radius 3 is 2.92 bits per heavy atom. The van der Waals surface area contributed by atoms with Crippen molar-refractivity contribution in [3.63, 3.8) is 0 Å². The molecule has 0 radical (unpaired) electrons. The topological polar surface area (TPSA) is 50.9 Å². The van der Waals surface area contributed by atoms with Crippen molar-refractivity contribution in [3.8, 4) is 0 Å². The molecular formula is C10H15N3. The van der Waals surface area contributed by atoms with Gasteiger partial charge in [0.15, 0.2) is 0 Å². The lowest BCUT2D eigenvalue weighted by Gasteiger charge is -2.01. The average molecular weight is 177 g/mol. The standard InChI is InChI=1S/C10H15N3/c1-2-3-4-7-12-10-6-5-9(11)8-13-10/h3-6,8H,2,7,11H2,1H3,(H,12,13)/b4-3+. The molecule has 0 aliphatic heterocycles. The molecule has 1 aromatic rings. The van der Waals surface area contributed by atoms with E-state index in [4.69, 9.17) is 5.73 Å². The van der Waals surface area contributed by atoms with E-state index in [0.29, 0.717) is 5.69 Å². The summed E-state index contributed by atoms with van der Waals surface area (Å²) in [7, 11) is 0. The van der Waals surface area contributed by atoms with Crippen molar-refractivity contribution in [2.75, 3.05) is 17.6 Å². The zero-order chi connectivity index (χ0) is 9.52. The maximum atomic E-state index is 5.50. The Labute approximate surface area is 78.7 Å². The fraction of sp³-hybridized carbons (Fsp3) is 0.300. The summed E-state index contributed by atoms with van der Waals surface area (Å²) in [6.45, 7) is 2.92. The van der Waals surface area contributed by atoms with Crippen LogP contribution in [0.25, 0.3) is 0 Å². The van der Waals surface area contributed by atoms with Crippen LogP contribution < -0.4 is 11.1 Å². The quantitative estimate of drug-likeness (QED) is 0.692. The Bertz CT molecular complexity index is 264. The molecule has 3 heteroatoms. The molecule has 0 bridgehead atoms. The Hall–Kier alpha value is -1.51. The first-order valence-electron chi connectivity index (χ1n) is 4.43. The molecule has 0 amide bonds. The monoisotopic (exact) mass is 177 g/mol. The van der Waals surface area contributed by atoms with Gasteiger partial charge in [-0.25, -0.2) is 4.98 Å². The summed E-state index contributed by atoms with van der Waals surface area (Å²) in [4.78, 5) is 4.11. The van der Waals surface area contributed by atoms with E-state index in [9.17, 15) is 0 Å². The van der Waals surface area contributed by atoms with Crippen molar-refractivity contribution < 1.29 is 0 Å². The Morgan fingerprint density at radius 2 is 2.31 bits per heavy atom. The van der Waals surface area contributed by atoms with Crippen molar-refractivity contribution >= 4 is 11.5 Å². The van der Waals surface area contributed by atoms with Gasteiger partial charge in [0.1, 0.15) is 5.82 Å². The predicted molar refractivity (Wildman–Crippen MR) is 56.6 cm³/mol. The second kappa shape index (κ2) is 5.19. The number of hydrogen-bond acceptors (Lipinski definition) is 3. The van der Waals surface area contributed by atoms with Gasteiger partial charge < -0.3 is 11.1 Å². The number of anilines is 2. The van der Waals surface area contributed by atoms with Crippen LogP contribution in [0.2, 0.25) is 0 Å². The molecule has 0 spiro atoms. The lowest BCUT2D eigenvalue weighted by molar-refractivity contribution is 1.18. The van der Waals surface area contributed by atoms with Gasteiger partial charge >= 0.3 is 0 Å². The smallest absolute Gasteiger partial charge is 0.126 e. The number of pyridine rings is 1. The van der Waals surface area contributed by atoms with Crippen LogP contribution in [0.15, 0.2) is 30.5 Å². The fourth-order valence-corrected chi connectivity index (χ4v) is 0.923. The molecular weight excluding hydrogens is 162 g/mol. The number of nitrogens with zero attached hydrogens (tertiary/aromatic N) is 1. The van der Waals surface area contributed by atoms with Crippen molar-refractivity contribution in [1.82, 2.24) is 4.98 Å². The summed E-state index contributed by atoms with van der Waals surface area (Å²) in [5.41, 5.74) is 6.19. The summed E-state index contributed by atoms with van der Waals surface area (Å²) >= 11 is 0. The maximum absolute atomic E-state index is 5.50. The summed E-state index contributed by atoms with van der Waals surface area (Å²) < 4.78 is 0. The summed E-state index contributed by atoms with van der Waals surface area (Å²) in [6, 6.07) is 3.70. The molecule has 3 N–H and O–H groups in total. The third kappa shape index (κ3) is 3.60. The van der Waals surface area contributed by atoms with Crippen molar-refractivity contribution in [2.24, 2.45) is 0 Å². The molecule has 0 saturated carbocycles.